The summed E-state index contributed by atoms with van der Waals surface area (Å²) in [6, 6.07) is 0. The Bertz CT molecular complexity index is 418. The van der Waals surface area contributed by atoms with Crippen molar-refractivity contribution in [2.75, 3.05) is 6.61 Å². The molecule has 0 aromatic carbocycles. The van der Waals surface area contributed by atoms with Crippen molar-refractivity contribution < 1.29 is 5.11 Å². The van der Waals surface area contributed by atoms with E-state index in [1.165, 1.54) is 70.6 Å². The van der Waals surface area contributed by atoms with Crippen LogP contribution >= 0.6 is 0 Å². The molecule has 126 valence electrons. The van der Waals surface area contributed by atoms with Gasteiger partial charge in [-0.3, -0.25) is 0 Å². The molecule has 4 saturated carbocycles. The maximum Gasteiger partial charge on any atom is 0.0492 e. The zero-order chi connectivity index (χ0) is 15.4. The minimum absolute atomic E-state index is 0.326. The normalized spacial score (nSPS) is 54.4. The van der Waals surface area contributed by atoms with E-state index in [2.05, 4.69) is 13.8 Å². The maximum absolute atomic E-state index is 10.4. The summed E-state index contributed by atoms with van der Waals surface area (Å²) in [7, 11) is 0. The molecule has 0 aromatic rings. The van der Waals surface area contributed by atoms with Gasteiger partial charge in [0.2, 0.25) is 0 Å². The van der Waals surface area contributed by atoms with Crippen LogP contribution < -0.4 is 0 Å². The zero-order valence-corrected chi connectivity index (χ0v) is 14.8. The molecule has 1 heteroatoms. The van der Waals surface area contributed by atoms with E-state index in [0.29, 0.717) is 17.4 Å². The number of rotatable bonds is 2. The lowest BCUT2D eigenvalue weighted by Crippen LogP contribution is -2.55. The molecule has 0 heterocycles. The smallest absolute Gasteiger partial charge is 0.0492 e. The van der Waals surface area contributed by atoms with E-state index in [4.69, 9.17) is 0 Å². The molecule has 1 unspecified atom stereocenters. The van der Waals surface area contributed by atoms with Gasteiger partial charge in [0.05, 0.1) is 0 Å². The minimum atomic E-state index is 0.326. The van der Waals surface area contributed by atoms with E-state index in [0.717, 1.165) is 29.6 Å². The van der Waals surface area contributed by atoms with Crippen LogP contribution in [-0.2, 0) is 0 Å². The molecular weight excluding hydrogens is 268 g/mol. The molecule has 4 aliphatic carbocycles. The van der Waals surface area contributed by atoms with Crippen molar-refractivity contribution in [1.29, 1.82) is 0 Å². The summed E-state index contributed by atoms with van der Waals surface area (Å²) in [4.78, 5) is 0. The maximum atomic E-state index is 10.4. The Labute approximate surface area is 137 Å². The lowest BCUT2D eigenvalue weighted by atomic mass is 9.44. The highest BCUT2D eigenvalue weighted by molar-refractivity contribution is 5.09. The van der Waals surface area contributed by atoms with Crippen molar-refractivity contribution in [3.05, 3.63) is 0 Å². The van der Waals surface area contributed by atoms with Gasteiger partial charge < -0.3 is 5.11 Å². The highest BCUT2D eigenvalue weighted by Gasteiger charge is 2.60. The lowest BCUT2D eigenvalue weighted by Gasteiger charge is -2.61. The van der Waals surface area contributed by atoms with Crippen LogP contribution in [0.3, 0.4) is 0 Å². The molecular formula is C21H36O. The average Bonchev–Trinajstić information content (AvgIpc) is 2.90. The van der Waals surface area contributed by atoms with Crippen molar-refractivity contribution >= 4 is 0 Å². The molecule has 0 aromatic heterocycles. The molecule has 22 heavy (non-hydrogen) atoms. The molecule has 1 nitrogen and oxygen atoms in total. The summed E-state index contributed by atoms with van der Waals surface area (Å²) >= 11 is 0. The van der Waals surface area contributed by atoms with E-state index in [1.54, 1.807) is 0 Å². The van der Waals surface area contributed by atoms with Gasteiger partial charge in [-0.05, 0) is 91.8 Å². The molecule has 4 aliphatic rings. The minimum Gasteiger partial charge on any atom is -0.396 e. The summed E-state index contributed by atoms with van der Waals surface area (Å²) in [6.07, 6.45) is 15.7. The largest absolute Gasteiger partial charge is 0.396 e. The Kier molecular flexibility index (Phi) is 3.87. The third-order valence-electron chi connectivity index (χ3n) is 9.27. The van der Waals surface area contributed by atoms with E-state index in [-0.39, 0.29) is 0 Å². The second-order valence-electron chi connectivity index (χ2n) is 9.52. The molecule has 7 atom stereocenters. The SMILES string of the molecule is CC[C@H]1CC[C@H]2[C@@H]3CCC4CCCC[C@]4(CO)[C@H]3CC[C@]12C. The second-order valence-corrected chi connectivity index (χ2v) is 9.52. The monoisotopic (exact) mass is 304 g/mol. The van der Waals surface area contributed by atoms with Gasteiger partial charge in [-0.1, -0.05) is 33.1 Å². The third kappa shape index (κ3) is 1.93. The van der Waals surface area contributed by atoms with Crippen LogP contribution in [0.5, 0.6) is 0 Å². The molecule has 0 spiro atoms. The number of hydrogen-bond donors (Lipinski definition) is 1. The summed E-state index contributed by atoms with van der Waals surface area (Å²) in [5, 5.41) is 10.4. The van der Waals surface area contributed by atoms with Crippen LogP contribution in [0.15, 0.2) is 0 Å². The van der Waals surface area contributed by atoms with Gasteiger partial charge in [-0.15, -0.1) is 0 Å². The van der Waals surface area contributed by atoms with E-state index in [9.17, 15) is 5.11 Å². The van der Waals surface area contributed by atoms with Gasteiger partial charge in [-0.2, -0.15) is 0 Å². The van der Waals surface area contributed by atoms with Gasteiger partial charge in [0, 0.05) is 6.61 Å². The summed E-state index contributed by atoms with van der Waals surface area (Å²) in [5.41, 5.74) is 0.959. The zero-order valence-electron chi connectivity index (χ0n) is 14.8. The fourth-order valence-electron chi connectivity index (χ4n) is 8.16. The van der Waals surface area contributed by atoms with Crippen LogP contribution in [-0.4, -0.2) is 11.7 Å². The van der Waals surface area contributed by atoms with Gasteiger partial charge in [0.1, 0.15) is 0 Å². The van der Waals surface area contributed by atoms with Crippen LogP contribution in [0.1, 0.15) is 84.5 Å². The second kappa shape index (κ2) is 5.50. The predicted molar refractivity (Wildman–Crippen MR) is 91.5 cm³/mol. The summed E-state index contributed by atoms with van der Waals surface area (Å²) in [6.45, 7) is 5.53. The van der Waals surface area contributed by atoms with Crippen LogP contribution in [0.25, 0.3) is 0 Å². The van der Waals surface area contributed by atoms with Crippen molar-refractivity contribution in [3.63, 3.8) is 0 Å². The number of fused-ring (bicyclic) bond motifs is 5. The summed E-state index contributed by atoms with van der Waals surface area (Å²) < 4.78 is 0. The van der Waals surface area contributed by atoms with E-state index < -0.39 is 0 Å². The lowest BCUT2D eigenvalue weighted by molar-refractivity contribution is -0.139. The molecule has 4 fully saturated rings. The van der Waals surface area contributed by atoms with Crippen molar-refractivity contribution in [2.24, 2.45) is 40.4 Å². The molecule has 0 bridgehead atoms. The molecule has 0 aliphatic heterocycles. The summed E-state index contributed by atoms with van der Waals surface area (Å²) in [5.74, 6) is 4.59. The quantitative estimate of drug-likeness (QED) is 0.722. The Hall–Kier alpha value is -0.0400. The van der Waals surface area contributed by atoms with Crippen LogP contribution in [0.2, 0.25) is 0 Å². The van der Waals surface area contributed by atoms with E-state index >= 15 is 0 Å². The topological polar surface area (TPSA) is 20.2 Å². The first kappa shape index (κ1) is 15.5. The van der Waals surface area contributed by atoms with Gasteiger partial charge >= 0.3 is 0 Å². The van der Waals surface area contributed by atoms with Crippen LogP contribution in [0.4, 0.5) is 0 Å². The van der Waals surface area contributed by atoms with Crippen LogP contribution in [0, 0.1) is 40.4 Å². The third-order valence-corrected chi connectivity index (χ3v) is 9.27. The van der Waals surface area contributed by atoms with Crippen molar-refractivity contribution in [2.45, 2.75) is 84.5 Å². The van der Waals surface area contributed by atoms with Gasteiger partial charge in [-0.25, -0.2) is 0 Å². The molecule has 0 radical (unpaired) electrons. The Morgan fingerprint density at radius 3 is 2.55 bits per heavy atom. The van der Waals surface area contributed by atoms with E-state index in [1.807, 2.05) is 0 Å². The van der Waals surface area contributed by atoms with Crippen molar-refractivity contribution in [3.8, 4) is 0 Å². The fourth-order valence-corrected chi connectivity index (χ4v) is 8.16. The highest BCUT2D eigenvalue weighted by Crippen LogP contribution is 2.67. The number of aliphatic hydroxyl groups is 1. The Morgan fingerprint density at radius 1 is 0.909 bits per heavy atom. The number of hydrogen-bond acceptors (Lipinski definition) is 1. The number of aliphatic hydroxyl groups excluding tert-OH is 1. The molecule has 1 N–H and O–H groups in total. The first-order chi connectivity index (χ1) is 10.7. The Balaban J connectivity index is 1.65. The molecule has 0 amide bonds. The first-order valence-corrected chi connectivity index (χ1v) is 10.3. The van der Waals surface area contributed by atoms with Crippen molar-refractivity contribution in [1.82, 2.24) is 0 Å². The Morgan fingerprint density at radius 2 is 1.77 bits per heavy atom. The first-order valence-electron chi connectivity index (χ1n) is 10.3. The predicted octanol–water partition coefficient (Wildman–Crippen LogP) is 5.42. The molecule has 4 rings (SSSR count). The average molecular weight is 305 g/mol. The fraction of sp³-hybridized carbons (Fsp3) is 1.00. The standard InChI is InChI=1S/C21H36O/c1-3-15-8-10-18-17-9-7-16-6-4-5-12-21(16,14-22)19(17)11-13-20(15,18)2/h15-19,22H,3-14H2,1-2H3/t15-,16?,17-,18-,19-,20+,21+/m0/s1. The highest BCUT2D eigenvalue weighted by atomic mass is 16.3. The van der Waals surface area contributed by atoms with Gasteiger partial charge in [0.15, 0.2) is 0 Å². The molecule has 0 saturated heterocycles. The van der Waals surface area contributed by atoms with Gasteiger partial charge in [0.25, 0.3) is 0 Å².